The molecule has 1 heterocycles. The SMILES string of the molecule is O=Cc1cc(-c2cccc(F)c2F)nc(C(F)(F)F)c1. The van der Waals surface area contributed by atoms with E-state index < -0.39 is 34.8 Å². The van der Waals surface area contributed by atoms with E-state index in [4.69, 9.17) is 0 Å². The van der Waals surface area contributed by atoms with Crippen molar-refractivity contribution < 1.29 is 26.7 Å². The zero-order chi connectivity index (χ0) is 14.9. The van der Waals surface area contributed by atoms with Gasteiger partial charge in [-0.2, -0.15) is 13.2 Å². The maximum Gasteiger partial charge on any atom is 0.433 e. The van der Waals surface area contributed by atoms with Crippen LogP contribution in [0.5, 0.6) is 0 Å². The molecular weight excluding hydrogens is 281 g/mol. The number of carbonyl (C=O) groups is 1. The summed E-state index contributed by atoms with van der Waals surface area (Å²) in [5, 5.41) is 0. The highest BCUT2D eigenvalue weighted by Gasteiger charge is 2.33. The third-order valence-corrected chi connectivity index (χ3v) is 2.50. The molecule has 1 aromatic carbocycles. The number of hydrogen-bond acceptors (Lipinski definition) is 2. The molecular formula is C13H6F5NO. The topological polar surface area (TPSA) is 30.0 Å². The summed E-state index contributed by atoms with van der Waals surface area (Å²) in [6.07, 6.45) is -4.62. The van der Waals surface area contributed by atoms with Crippen LogP contribution in [-0.4, -0.2) is 11.3 Å². The molecule has 0 unspecified atom stereocenters. The van der Waals surface area contributed by atoms with Crippen LogP contribution in [0.25, 0.3) is 11.3 Å². The molecule has 2 rings (SSSR count). The van der Waals surface area contributed by atoms with E-state index in [-0.39, 0.29) is 11.8 Å². The summed E-state index contributed by atoms with van der Waals surface area (Å²) >= 11 is 0. The second-order valence-electron chi connectivity index (χ2n) is 3.89. The van der Waals surface area contributed by atoms with Crippen molar-refractivity contribution in [2.75, 3.05) is 0 Å². The van der Waals surface area contributed by atoms with E-state index in [0.717, 1.165) is 24.3 Å². The fourth-order valence-electron chi connectivity index (χ4n) is 1.60. The first-order valence-electron chi connectivity index (χ1n) is 5.32. The summed E-state index contributed by atoms with van der Waals surface area (Å²) < 4.78 is 64.6. The third kappa shape index (κ3) is 2.66. The monoisotopic (exact) mass is 287 g/mol. The second kappa shape index (κ2) is 4.99. The number of carbonyl (C=O) groups excluding carboxylic acids is 1. The Labute approximate surface area is 109 Å². The average molecular weight is 287 g/mol. The molecule has 0 amide bonds. The van der Waals surface area contributed by atoms with E-state index in [1.807, 2.05) is 0 Å². The number of alkyl halides is 3. The van der Waals surface area contributed by atoms with Crippen LogP contribution in [0.3, 0.4) is 0 Å². The molecule has 104 valence electrons. The molecule has 0 N–H and O–H groups in total. The van der Waals surface area contributed by atoms with Crippen LogP contribution in [-0.2, 0) is 6.18 Å². The molecule has 1 aromatic heterocycles. The van der Waals surface area contributed by atoms with Gasteiger partial charge in [-0.1, -0.05) is 6.07 Å². The Morgan fingerprint density at radius 1 is 1.10 bits per heavy atom. The largest absolute Gasteiger partial charge is 0.433 e. The lowest BCUT2D eigenvalue weighted by Crippen LogP contribution is -2.10. The van der Waals surface area contributed by atoms with Crippen LogP contribution in [0.1, 0.15) is 16.1 Å². The predicted octanol–water partition coefficient (Wildman–Crippen LogP) is 3.86. The van der Waals surface area contributed by atoms with Gasteiger partial charge in [0.05, 0.1) is 5.69 Å². The van der Waals surface area contributed by atoms with Gasteiger partial charge in [0.15, 0.2) is 11.6 Å². The van der Waals surface area contributed by atoms with Crippen molar-refractivity contribution in [1.82, 2.24) is 4.98 Å². The molecule has 0 radical (unpaired) electrons. The minimum absolute atomic E-state index is 0.178. The number of halogens is 5. The molecule has 0 aliphatic rings. The number of pyridine rings is 1. The Morgan fingerprint density at radius 2 is 1.80 bits per heavy atom. The van der Waals surface area contributed by atoms with Gasteiger partial charge in [0.2, 0.25) is 0 Å². The molecule has 2 aromatic rings. The van der Waals surface area contributed by atoms with Gasteiger partial charge < -0.3 is 0 Å². The summed E-state index contributed by atoms with van der Waals surface area (Å²) in [6, 6.07) is 4.53. The molecule has 0 saturated carbocycles. The highest BCUT2D eigenvalue weighted by atomic mass is 19.4. The van der Waals surface area contributed by atoms with Gasteiger partial charge in [0.25, 0.3) is 0 Å². The standard InChI is InChI=1S/C13H6F5NO/c14-9-3-1-2-8(12(9)15)10-4-7(6-20)5-11(19-10)13(16,17)18/h1-6H. The lowest BCUT2D eigenvalue weighted by molar-refractivity contribution is -0.141. The van der Waals surface area contributed by atoms with Crippen LogP contribution in [0, 0.1) is 11.6 Å². The van der Waals surface area contributed by atoms with Gasteiger partial charge in [-0.15, -0.1) is 0 Å². The minimum Gasteiger partial charge on any atom is -0.298 e. The maximum absolute atomic E-state index is 13.6. The lowest BCUT2D eigenvalue weighted by Gasteiger charge is -2.10. The van der Waals surface area contributed by atoms with E-state index in [1.54, 1.807) is 0 Å². The van der Waals surface area contributed by atoms with Crippen LogP contribution in [0.15, 0.2) is 30.3 Å². The second-order valence-corrected chi connectivity index (χ2v) is 3.89. The summed E-state index contributed by atoms with van der Waals surface area (Å²) in [4.78, 5) is 13.9. The first-order valence-corrected chi connectivity index (χ1v) is 5.32. The van der Waals surface area contributed by atoms with Crippen molar-refractivity contribution in [3.05, 3.63) is 53.2 Å². The van der Waals surface area contributed by atoms with Crippen LogP contribution >= 0.6 is 0 Å². The molecule has 0 aliphatic heterocycles. The van der Waals surface area contributed by atoms with E-state index in [0.29, 0.717) is 6.07 Å². The van der Waals surface area contributed by atoms with Gasteiger partial charge in [0, 0.05) is 11.1 Å². The van der Waals surface area contributed by atoms with Crippen LogP contribution in [0.2, 0.25) is 0 Å². The molecule has 0 spiro atoms. The summed E-state index contributed by atoms with van der Waals surface area (Å²) in [6.45, 7) is 0. The minimum atomic E-state index is -4.79. The average Bonchev–Trinajstić information content (AvgIpc) is 2.40. The molecule has 0 saturated heterocycles. The molecule has 7 heteroatoms. The Balaban J connectivity index is 2.68. The first-order chi connectivity index (χ1) is 9.32. The Kier molecular flexibility index (Phi) is 3.52. The number of rotatable bonds is 2. The van der Waals surface area contributed by atoms with E-state index in [2.05, 4.69) is 4.98 Å². The third-order valence-electron chi connectivity index (χ3n) is 2.50. The first kappa shape index (κ1) is 14.1. The highest BCUT2D eigenvalue weighted by molar-refractivity contribution is 5.78. The van der Waals surface area contributed by atoms with Crippen molar-refractivity contribution in [2.24, 2.45) is 0 Å². The summed E-state index contributed by atoms with van der Waals surface area (Å²) in [5.41, 5.74) is -2.58. The lowest BCUT2D eigenvalue weighted by atomic mass is 10.1. The van der Waals surface area contributed by atoms with Crippen molar-refractivity contribution in [3.8, 4) is 11.3 Å². The zero-order valence-electron chi connectivity index (χ0n) is 9.71. The fraction of sp³-hybridized carbons (Fsp3) is 0.0769. The normalized spacial score (nSPS) is 11.4. The Bertz CT molecular complexity index is 666. The van der Waals surface area contributed by atoms with Crippen molar-refractivity contribution in [1.29, 1.82) is 0 Å². The molecule has 0 fully saturated rings. The molecule has 0 bridgehead atoms. The van der Waals surface area contributed by atoms with Gasteiger partial charge in [-0.05, 0) is 24.3 Å². The van der Waals surface area contributed by atoms with Gasteiger partial charge in [0.1, 0.15) is 12.0 Å². The van der Waals surface area contributed by atoms with Crippen molar-refractivity contribution in [3.63, 3.8) is 0 Å². The maximum atomic E-state index is 13.6. The van der Waals surface area contributed by atoms with Gasteiger partial charge in [-0.3, -0.25) is 4.79 Å². The van der Waals surface area contributed by atoms with E-state index >= 15 is 0 Å². The number of nitrogens with zero attached hydrogens (tertiary/aromatic N) is 1. The molecule has 0 atom stereocenters. The summed E-state index contributed by atoms with van der Waals surface area (Å²) in [7, 11) is 0. The summed E-state index contributed by atoms with van der Waals surface area (Å²) in [5.74, 6) is -2.54. The number of hydrogen-bond donors (Lipinski definition) is 0. The van der Waals surface area contributed by atoms with Crippen LogP contribution in [0.4, 0.5) is 22.0 Å². The fourth-order valence-corrected chi connectivity index (χ4v) is 1.60. The molecule has 0 aliphatic carbocycles. The van der Waals surface area contributed by atoms with Gasteiger partial charge >= 0.3 is 6.18 Å². The van der Waals surface area contributed by atoms with Gasteiger partial charge in [-0.25, -0.2) is 13.8 Å². The predicted molar refractivity (Wildman–Crippen MR) is 60.0 cm³/mol. The number of aldehydes is 1. The number of aromatic nitrogens is 1. The Hall–Kier alpha value is -2.31. The van der Waals surface area contributed by atoms with E-state index in [1.165, 1.54) is 0 Å². The molecule has 2 nitrogen and oxygen atoms in total. The highest BCUT2D eigenvalue weighted by Crippen LogP contribution is 2.31. The zero-order valence-corrected chi connectivity index (χ0v) is 9.71. The smallest absolute Gasteiger partial charge is 0.298 e. The van der Waals surface area contributed by atoms with Crippen molar-refractivity contribution in [2.45, 2.75) is 6.18 Å². The Morgan fingerprint density at radius 3 is 2.40 bits per heavy atom. The molecule has 20 heavy (non-hydrogen) atoms. The quantitative estimate of drug-likeness (QED) is 0.620. The van der Waals surface area contributed by atoms with E-state index in [9.17, 15) is 26.7 Å². The van der Waals surface area contributed by atoms with Crippen LogP contribution < -0.4 is 0 Å². The number of benzene rings is 1. The van der Waals surface area contributed by atoms with Crippen molar-refractivity contribution >= 4 is 6.29 Å².